The average molecular weight is 317 g/mol. The van der Waals surface area contributed by atoms with E-state index in [-0.39, 0.29) is 30.5 Å². The fraction of sp³-hybridized carbons (Fsp3) is 0.846. The molecule has 2 heterocycles. The Labute approximate surface area is 125 Å². The fourth-order valence-corrected chi connectivity index (χ4v) is 4.34. The van der Waals surface area contributed by atoms with Crippen molar-refractivity contribution in [2.45, 2.75) is 26.2 Å². The highest BCUT2D eigenvalue weighted by molar-refractivity contribution is 7.89. The molecule has 2 amide bonds. The molecule has 0 N–H and O–H groups in total. The highest BCUT2D eigenvalue weighted by atomic mass is 32.2. The van der Waals surface area contributed by atoms with Crippen molar-refractivity contribution in [1.29, 1.82) is 0 Å². The second kappa shape index (κ2) is 6.74. The third-order valence-corrected chi connectivity index (χ3v) is 6.06. The van der Waals surface area contributed by atoms with Gasteiger partial charge in [-0.2, -0.15) is 0 Å². The molecule has 0 radical (unpaired) electrons. The third kappa shape index (κ3) is 4.16. The quantitative estimate of drug-likeness (QED) is 0.702. The second-order valence-corrected chi connectivity index (χ2v) is 7.65. The Morgan fingerprint density at radius 2 is 1.57 bits per heavy atom. The van der Waals surface area contributed by atoms with Gasteiger partial charge in [0.1, 0.15) is 0 Å². The van der Waals surface area contributed by atoms with Crippen LogP contribution in [0.1, 0.15) is 26.2 Å². The maximum absolute atomic E-state index is 12.1. The molecule has 8 heteroatoms. The van der Waals surface area contributed by atoms with Gasteiger partial charge in [0, 0.05) is 52.6 Å². The van der Waals surface area contributed by atoms with Gasteiger partial charge in [0.15, 0.2) is 0 Å². The minimum Gasteiger partial charge on any atom is -0.339 e. The van der Waals surface area contributed by atoms with Gasteiger partial charge >= 0.3 is 0 Å². The van der Waals surface area contributed by atoms with Crippen molar-refractivity contribution >= 4 is 21.8 Å². The predicted molar refractivity (Wildman–Crippen MR) is 78.0 cm³/mol. The number of carbonyl (C=O) groups excluding carboxylic acids is 2. The molecule has 0 bridgehead atoms. The van der Waals surface area contributed by atoms with E-state index in [1.807, 2.05) is 0 Å². The maximum Gasteiger partial charge on any atom is 0.224 e. The molecule has 0 aromatic carbocycles. The first kappa shape index (κ1) is 16.2. The molecule has 0 aliphatic carbocycles. The Bertz CT molecular complexity index is 498. The van der Waals surface area contributed by atoms with Crippen LogP contribution in [0.15, 0.2) is 0 Å². The lowest BCUT2D eigenvalue weighted by Crippen LogP contribution is -2.50. The van der Waals surface area contributed by atoms with Gasteiger partial charge in [0.05, 0.1) is 5.75 Å². The summed E-state index contributed by atoms with van der Waals surface area (Å²) in [7, 11) is -3.16. The molecule has 2 fully saturated rings. The lowest BCUT2D eigenvalue weighted by atomic mass is 10.2. The van der Waals surface area contributed by atoms with Crippen molar-refractivity contribution in [1.82, 2.24) is 14.1 Å². The normalized spacial score (nSPS) is 23.1. The van der Waals surface area contributed by atoms with Gasteiger partial charge in [-0.25, -0.2) is 12.7 Å². The SMILES string of the molecule is CC(=O)N1CCN(C(=O)CCN2CCCCS2(=O)=O)CC1. The molecule has 0 aromatic rings. The Morgan fingerprint density at radius 1 is 0.952 bits per heavy atom. The topological polar surface area (TPSA) is 78.0 Å². The van der Waals surface area contributed by atoms with E-state index in [0.29, 0.717) is 39.1 Å². The summed E-state index contributed by atoms with van der Waals surface area (Å²) < 4.78 is 25.1. The number of hydrogen-bond acceptors (Lipinski definition) is 4. The summed E-state index contributed by atoms with van der Waals surface area (Å²) in [4.78, 5) is 26.8. The van der Waals surface area contributed by atoms with Crippen LogP contribution in [0, 0.1) is 0 Å². The first-order valence-electron chi connectivity index (χ1n) is 7.41. The largest absolute Gasteiger partial charge is 0.339 e. The molecule has 2 saturated heterocycles. The van der Waals surface area contributed by atoms with Crippen molar-refractivity contribution in [3.05, 3.63) is 0 Å². The molecular weight excluding hydrogens is 294 g/mol. The summed E-state index contributed by atoms with van der Waals surface area (Å²) in [6.07, 6.45) is 1.80. The van der Waals surface area contributed by atoms with Gasteiger partial charge < -0.3 is 9.80 Å². The Balaban J connectivity index is 1.79. The van der Waals surface area contributed by atoms with Crippen molar-refractivity contribution in [3.63, 3.8) is 0 Å². The van der Waals surface area contributed by atoms with Crippen molar-refractivity contribution in [2.24, 2.45) is 0 Å². The zero-order chi connectivity index (χ0) is 15.5. The van der Waals surface area contributed by atoms with Crippen LogP contribution in [0.25, 0.3) is 0 Å². The van der Waals surface area contributed by atoms with E-state index in [0.717, 1.165) is 6.42 Å². The van der Waals surface area contributed by atoms with Crippen molar-refractivity contribution < 1.29 is 18.0 Å². The minimum absolute atomic E-state index is 0.0287. The van der Waals surface area contributed by atoms with Gasteiger partial charge in [-0.3, -0.25) is 9.59 Å². The van der Waals surface area contributed by atoms with E-state index in [1.165, 1.54) is 11.2 Å². The highest BCUT2D eigenvalue weighted by Crippen LogP contribution is 2.14. The van der Waals surface area contributed by atoms with Crippen LogP contribution in [0.4, 0.5) is 0 Å². The van der Waals surface area contributed by atoms with E-state index in [9.17, 15) is 18.0 Å². The fourth-order valence-electron chi connectivity index (χ4n) is 2.74. The van der Waals surface area contributed by atoms with Crippen molar-refractivity contribution in [2.75, 3.05) is 45.0 Å². The Morgan fingerprint density at radius 3 is 2.14 bits per heavy atom. The molecule has 0 spiro atoms. The molecule has 0 unspecified atom stereocenters. The highest BCUT2D eigenvalue weighted by Gasteiger charge is 2.27. The summed E-state index contributed by atoms with van der Waals surface area (Å²) in [6, 6.07) is 0. The standard InChI is InChI=1S/C13H23N3O4S/c1-12(17)14-7-9-15(10-8-14)13(18)4-6-16-5-2-3-11-21(16,19)20/h2-11H2,1H3. The second-order valence-electron chi connectivity index (χ2n) is 5.56. The number of sulfonamides is 1. The molecule has 2 rings (SSSR count). The predicted octanol–water partition coefficient (Wildman–Crippen LogP) is -0.507. The van der Waals surface area contributed by atoms with Crippen LogP contribution < -0.4 is 0 Å². The molecule has 21 heavy (non-hydrogen) atoms. The average Bonchev–Trinajstić information content (AvgIpc) is 2.45. The number of hydrogen-bond donors (Lipinski definition) is 0. The van der Waals surface area contributed by atoms with E-state index in [2.05, 4.69) is 0 Å². The van der Waals surface area contributed by atoms with Crippen LogP contribution in [-0.2, 0) is 19.6 Å². The molecule has 2 aliphatic rings. The molecule has 2 aliphatic heterocycles. The number of carbonyl (C=O) groups is 2. The molecule has 0 saturated carbocycles. The van der Waals surface area contributed by atoms with Gasteiger partial charge in [-0.15, -0.1) is 0 Å². The van der Waals surface area contributed by atoms with Crippen molar-refractivity contribution in [3.8, 4) is 0 Å². The lowest BCUT2D eigenvalue weighted by Gasteiger charge is -2.34. The third-order valence-electron chi connectivity index (χ3n) is 4.11. The summed E-state index contributed by atoms with van der Waals surface area (Å²) in [5.74, 6) is 0.193. The lowest BCUT2D eigenvalue weighted by molar-refractivity contribution is -0.138. The first-order valence-corrected chi connectivity index (χ1v) is 9.02. The summed E-state index contributed by atoms with van der Waals surface area (Å²) in [5.41, 5.74) is 0. The number of nitrogens with zero attached hydrogens (tertiary/aromatic N) is 3. The molecule has 0 atom stereocenters. The number of rotatable bonds is 3. The monoisotopic (exact) mass is 317 g/mol. The first-order chi connectivity index (χ1) is 9.90. The maximum atomic E-state index is 12.1. The van der Waals surface area contributed by atoms with E-state index >= 15 is 0 Å². The van der Waals surface area contributed by atoms with Gasteiger partial charge in [-0.1, -0.05) is 0 Å². The minimum atomic E-state index is -3.16. The van der Waals surface area contributed by atoms with E-state index in [1.54, 1.807) is 9.80 Å². The number of amides is 2. The van der Waals surface area contributed by atoms with Crippen LogP contribution in [0.5, 0.6) is 0 Å². The van der Waals surface area contributed by atoms with E-state index < -0.39 is 10.0 Å². The van der Waals surface area contributed by atoms with Crippen LogP contribution in [0.2, 0.25) is 0 Å². The van der Waals surface area contributed by atoms with E-state index in [4.69, 9.17) is 0 Å². The van der Waals surface area contributed by atoms with Gasteiger partial charge in [-0.05, 0) is 12.8 Å². The van der Waals surface area contributed by atoms with Gasteiger partial charge in [0.2, 0.25) is 21.8 Å². The zero-order valence-corrected chi connectivity index (χ0v) is 13.3. The zero-order valence-electron chi connectivity index (χ0n) is 12.5. The molecular formula is C13H23N3O4S. The molecule has 7 nitrogen and oxygen atoms in total. The summed E-state index contributed by atoms with van der Waals surface area (Å²) in [5, 5.41) is 0. The number of piperazine rings is 1. The molecule has 120 valence electrons. The Kier molecular flexibility index (Phi) is 5.21. The van der Waals surface area contributed by atoms with Crippen LogP contribution in [-0.4, -0.2) is 79.4 Å². The summed E-state index contributed by atoms with van der Waals surface area (Å²) >= 11 is 0. The molecule has 0 aromatic heterocycles. The van der Waals surface area contributed by atoms with Crippen LogP contribution >= 0.6 is 0 Å². The summed E-state index contributed by atoms with van der Waals surface area (Å²) in [6.45, 7) is 4.50. The Hall–Kier alpha value is -1.15. The van der Waals surface area contributed by atoms with Gasteiger partial charge in [0.25, 0.3) is 0 Å². The van der Waals surface area contributed by atoms with Crippen LogP contribution in [0.3, 0.4) is 0 Å². The smallest absolute Gasteiger partial charge is 0.224 e.